The van der Waals surface area contributed by atoms with E-state index in [0.29, 0.717) is 6.42 Å². The fourth-order valence-corrected chi connectivity index (χ4v) is 5.32. The van der Waals surface area contributed by atoms with Gasteiger partial charge in [0.15, 0.2) is 0 Å². The summed E-state index contributed by atoms with van der Waals surface area (Å²) in [5.41, 5.74) is 2.29. The van der Waals surface area contributed by atoms with Crippen molar-refractivity contribution < 1.29 is 26.7 Å². The van der Waals surface area contributed by atoms with E-state index in [1.54, 1.807) is 5.94 Å². The molecule has 0 aromatic carbocycles. The molecule has 113 valence electrons. The first kappa shape index (κ1) is 21.8. The monoisotopic (exact) mass is 334 g/mol. The molecule has 1 radical (unpaired) electrons. The molecular weight excluding hydrogens is 310 g/mol. The first-order chi connectivity index (χ1) is 9.24. The molecule has 0 bridgehead atoms. The largest absolute Gasteiger partial charge is 0.273 e. The molecule has 0 spiro atoms. The van der Waals surface area contributed by atoms with Gasteiger partial charge in [0.1, 0.15) is 11.6 Å². The molecule has 4 heteroatoms. The number of allylic oxidation sites excluding steroid dienone is 5. The van der Waals surface area contributed by atoms with Gasteiger partial charge in [0, 0.05) is 23.1 Å². The summed E-state index contributed by atoms with van der Waals surface area (Å²) in [6, 6.07) is 0. The minimum Gasteiger partial charge on any atom is -0.273 e. The van der Waals surface area contributed by atoms with Crippen molar-refractivity contribution in [2.24, 2.45) is 0 Å². The van der Waals surface area contributed by atoms with E-state index in [9.17, 15) is 9.59 Å². The molecule has 0 atom stereocenters. The van der Waals surface area contributed by atoms with Crippen LogP contribution in [0.4, 0.5) is 0 Å². The van der Waals surface area contributed by atoms with Gasteiger partial charge < -0.3 is 0 Å². The summed E-state index contributed by atoms with van der Waals surface area (Å²) < 4.78 is 0. The topological polar surface area (TPSA) is 34.1 Å². The summed E-state index contributed by atoms with van der Waals surface area (Å²) in [5, 5.41) is 0. The maximum absolute atomic E-state index is 11.0. The van der Waals surface area contributed by atoms with Crippen LogP contribution < -0.4 is 0 Å². The van der Waals surface area contributed by atoms with Crippen LogP contribution >= 0.6 is 6.89 Å². The zero-order valence-corrected chi connectivity index (χ0v) is 14.5. The summed E-state index contributed by atoms with van der Waals surface area (Å²) in [4.78, 5) is 21.0. The van der Waals surface area contributed by atoms with Crippen molar-refractivity contribution in [2.45, 2.75) is 39.5 Å². The van der Waals surface area contributed by atoms with Crippen LogP contribution in [0.15, 0.2) is 24.3 Å². The maximum Gasteiger partial charge on any atom is 0.120 e. The minimum absolute atomic E-state index is 0. The maximum atomic E-state index is 11.0. The molecule has 0 saturated carbocycles. The number of carbonyl (C=O) groups excluding carboxylic acids is 2. The quantitative estimate of drug-likeness (QED) is 0.305. The summed E-state index contributed by atoms with van der Waals surface area (Å²) in [6.07, 6.45) is 17.0. The van der Waals surface area contributed by atoms with Gasteiger partial charge in [0.25, 0.3) is 0 Å². The molecule has 0 aliphatic heterocycles. The van der Waals surface area contributed by atoms with Crippen molar-refractivity contribution in [3.63, 3.8) is 0 Å². The van der Waals surface area contributed by atoms with Crippen molar-refractivity contribution in [3.8, 4) is 0 Å². The van der Waals surface area contributed by atoms with Gasteiger partial charge in [0.05, 0.1) is 0 Å². The minimum atomic E-state index is -1.52. The van der Waals surface area contributed by atoms with Gasteiger partial charge in [-0.15, -0.1) is 6.42 Å². The van der Waals surface area contributed by atoms with E-state index in [0.717, 1.165) is 37.7 Å². The number of hydrogen-bond acceptors (Lipinski definition) is 2. The smallest absolute Gasteiger partial charge is 0.120 e. The van der Waals surface area contributed by atoms with E-state index in [1.807, 2.05) is 12.2 Å². The summed E-state index contributed by atoms with van der Waals surface area (Å²) in [5.74, 6) is 1.76. The summed E-state index contributed by atoms with van der Waals surface area (Å²) in [7, 11) is 0. The van der Waals surface area contributed by atoms with Gasteiger partial charge in [-0.25, -0.2) is 21.7 Å². The van der Waals surface area contributed by atoms with Gasteiger partial charge >= 0.3 is 0 Å². The van der Waals surface area contributed by atoms with Gasteiger partial charge in [-0.05, 0) is 31.8 Å². The molecule has 0 saturated heterocycles. The van der Waals surface area contributed by atoms with Crippen LogP contribution in [0.5, 0.6) is 0 Å². The van der Waals surface area contributed by atoms with E-state index >= 15 is 0 Å². The number of hydrogen-bond donors (Lipinski definition) is 0. The zero-order valence-electron chi connectivity index (χ0n) is 12.4. The van der Waals surface area contributed by atoms with Crippen LogP contribution in [0.3, 0.4) is 0 Å². The Kier molecular flexibility index (Phi) is 16.2. The summed E-state index contributed by atoms with van der Waals surface area (Å²) >= 11 is 0. The molecular formula is C16H24MnO2P-. The van der Waals surface area contributed by atoms with Crippen LogP contribution in [0.1, 0.15) is 39.5 Å². The molecule has 1 aliphatic carbocycles. The Labute approximate surface area is 133 Å². The van der Waals surface area contributed by atoms with Gasteiger partial charge in [-0.2, -0.15) is 6.08 Å². The van der Waals surface area contributed by atoms with Crippen molar-refractivity contribution in [2.75, 3.05) is 18.5 Å². The molecule has 20 heavy (non-hydrogen) atoms. The van der Waals surface area contributed by atoms with E-state index < -0.39 is 6.89 Å². The van der Waals surface area contributed by atoms with Crippen LogP contribution in [0, 0.1) is 6.08 Å². The third-order valence-corrected chi connectivity index (χ3v) is 6.98. The van der Waals surface area contributed by atoms with E-state index in [1.165, 1.54) is 6.08 Å². The molecule has 0 N–H and O–H groups in total. The Hall–Kier alpha value is -0.541. The molecule has 0 heterocycles. The van der Waals surface area contributed by atoms with Gasteiger partial charge in [-0.3, -0.25) is 6.08 Å². The van der Waals surface area contributed by atoms with Crippen LogP contribution in [0.25, 0.3) is 0 Å². The predicted octanol–water partition coefficient (Wildman–Crippen LogP) is 3.97. The third kappa shape index (κ3) is 10.3. The molecule has 0 aromatic heterocycles. The Morgan fingerprint density at radius 3 is 2.15 bits per heavy atom. The van der Waals surface area contributed by atoms with E-state index in [2.05, 4.69) is 31.7 Å². The zero-order chi connectivity index (χ0) is 14.4. The first-order valence-corrected chi connectivity index (χ1v) is 9.25. The van der Waals surface area contributed by atoms with Gasteiger partial charge in [-0.1, -0.05) is 26.7 Å². The van der Waals surface area contributed by atoms with Crippen molar-refractivity contribution in [1.82, 2.24) is 0 Å². The number of rotatable bonds is 7. The molecule has 0 aromatic rings. The van der Waals surface area contributed by atoms with Crippen LogP contribution in [0.2, 0.25) is 0 Å². The average Bonchev–Trinajstić information content (AvgIpc) is 2.98. The molecule has 1 rings (SSSR count). The molecule has 1 aliphatic rings. The fraction of sp³-hybridized carbons (Fsp3) is 0.562. The second kappa shape index (κ2) is 14.9. The Morgan fingerprint density at radius 1 is 1.20 bits per heavy atom. The second-order valence-corrected chi connectivity index (χ2v) is 8.34. The average molecular weight is 334 g/mol. The molecule has 0 fully saturated rings. The van der Waals surface area contributed by atoms with Crippen molar-refractivity contribution >= 4 is 18.5 Å². The molecule has 0 unspecified atom stereocenters. The van der Waals surface area contributed by atoms with E-state index in [4.69, 9.17) is 0 Å². The standard InChI is InChI=1S/C11H19O2P.C5H5.Mn/c1-3-8-14(11-13,9-4-2)10-6-5-7-12;1-2-4-5-3-1;/h5H,3-4,6,8-10H2,1-2H3;1-3H,4H2;/q;-1;. The fourth-order valence-electron chi connectivity index (χ4n) is 2.04. The van der Waals surface area contributed by atoms with E-state index in [-0.39, 0.29) is 17.1 Å². The normalized spacial score (nSPS) is 11.7. The SMILES string of the molecule is CCCP(=C=O)(CCC)CCC=C=O.[C-]1=CC=CC1.[Mn]. The summed E-state index contributed by atoms with van der Waals surface area (Å²) in [6.45, 7) is 2.67. The molecule has 0 amide bonds. The Morgan fingerprint density at radius 2 is 1.85 bits per heavy atom. The predicted molar refractivity (Wildman–Crippen MR) is 84.2 cm³/mol. The first-order valence-electron chi connectivity index (χ1n) is 6.91. The second-order valence-electron chi connectivity index (χ2n) is 4.52. The van der Waals surface area contributed by atoms with Crippen LogP contribution in [-0.4, -0.2) is 30.1 Å². The van der Waals surface area contributed by atoms with Crippen LogP contribution in [-0.2, 0) is 26.7 Å². The Balaban J connectivity index is 0. The van der Waals surface area contributed by atoms with Crippen molar-refractivity contribution in [3.05, 3.63) is 30.4 Å². The van der Waals surface area contributed by atoms with Crippen molar-refractivity contribution in [1.29, 1.82) is 0 Å². The molecule has 2 nitrogen and oxygen atoms in total. The Bertz CT molecular complexity index is 394. The third-order valence-electron chi connectivity index (χ3n) is 2.87. The van der Waals surface area contributed by atoms with Gasteiger partial charge in [0.2, 0.25) is 0 Å².